The largest absolute Gasteiger partial charge is 0.493 e. The first-order valence-electron chi connectivity index (χ1n) is 10.3. The van der Waals surface area contributed by atoms with Crippen LogP contribution < -0.4 is 14.8 Å². The van der Waals surface area contributed by atoms with Gasteiger partial charge in [0.05, 0.1) is 14.2 Å². The summed E-state index contributed by atoms with van der Waals surface area (Å²) in [5.41, 5.74) is 2.45. The van der Waals surface area contributed by atoms with Crippen LogP contribution >= 0.6 is 0 Å². The lowest BCUT2D eigenvalue weighted by atomic mass is 10.0. The smallest absolute Gasteiger partial charge is 0.255 e. The maximum atomic E-state index is 13.1. The molecule has 0 bridgehead atoms. The summed E-state index contributed by atoms with van der Waals surface area (Å²) in [6, 6.07) is 12.5. The fourth-order valence-electron chi connectivity index (χ4n) is 3.74. The maximum Gasteiger partial charge on any atom is 0.255 e. The van der Waals surface area contributed by atoms with Crippen LogP contribution in [0.3, 0.4) is 0 Å². The van der Waals surface area contributed by atoms with Crippen molar-refractivity contribution < 1.29 is 19.1 Å². The lowest BCUT2D eigenvalue weighted by molar-refractivity contribution is -0.125. The van der Waals surface area contributed by atoms with E-state index in [9.17, 15) is 9.59 Å². The highest BCUT2D eigenvalue weighted by Gasteiger charge is 2.40. The number of carbonyl (C=O) groups excluding carboxylic acids is 2. The molecule has 1 N–H and O–H groups in total. The summed E-state index contributed by atoms with van der Waals surface area (Å²) in [6.45, 7) is 5.27. The highest BCUT2D eigenvalue weighted by Crippen LogP contribution is 2.34. The van der Waals surface area contributed by atoms with Gasteiger partial charge in [0.1, 0.15) is 6.04 Å². The standard InChI is InChI=1S/C24H30N2O4/c1-16(2)12-14-26-22(18-7-5-6-8-19(18)24(26)28)23(27)25-13-11-17-9-10-20(29-3)21(15-17)30-4/h5-10,15-16,22H,11-14H2,1-4H3,(H,25,27)/t22-/m1/s1. The minimum absolute atomic E-state index is 0.0636. The van der Waals surface area contributed by atoms with Gasteiger partial charge < -0.3 is 19.7 Å². The molecule has 0 radical (unpaired) electrons. The van der Waals surface area contributed by atoms with Gasteiger partial charge in [-0.05, 0) is 48.1 Å². The minimum Gasteiger partial charge on any atom is -0.493 e. The second-order valence-corrected chi connectivity index (χ2v) is 7.90. The molecule has 1 aliphatic rings. The summed E-state index contributed by atoms with van der Waals surface area (Å²) in [6.07, 6.45) is 1.51. The molecule has 0 aromatic heterocycles. The van der Waals surface area contributed by atoms with Gasteiger partial charge in [0.2, 0.25) is 5.91 Å². The second-order valence-electron chi connectivity index (χ2n) is 7.90. The molecule has 1 atom stereocenters. The van der Waals surface area contributed by atoms with Crippen LogP contribution in [-0.4, -0.2) is 44.0 Å². The number of hydrogen-bond donors (Lipinski definition) is 1. The molecule has 0 unspecified atom stereocenters. The van der Waals surface area contributed by atoms with Gasteiger partial charge in [0.15, 0.2) is 11.5 Å². The Morgan fingerprint density at radius 1 is 1.10 bits per heavy atom. The Morgan fingerprint density at radius 2 is 1.83 bits per heavy atom. The van der Waals surface area contributed by atoms with E-state index in [0.717, 1.165) is 17.5 Å². The molecule has 160 valence electrons. The van der Waals surface area contributed by atoms with E-state index in [1.807, 2.05) is 36.4 Å². The van der Waals surface area contributed by atoms with E-state index in [4.69, 9.17) is 9.47 Å². The fourth-order valence-corrected chi connectivity index (χ4v) is 3.74. The number of ether oxygens (including phenoxy) is 2. The fraction of sp³-hybridized carbons (Fsp3) is 0.417. The van der Waals surface area contributed by atoms with Gasteiger partial charge in [-0.25, -0.2) is 0 Å². The Balaban J connectivity index is 1.69. The predicted octanol–water partition coefficient (Wildman–Crippen LogP) is 3.61. The highest BCUT2D eigenvalue weighted by atomic mass is 16.5. The molecule has 0 fully saturated rings. The van der Waals surface area contributed by atoms with Crippen molar-refractivity contribution in [3.8, 4) is 11.5 Å². The zero-order valence-electron chi connectivity index (χ0n) is 18.1. The molecule has 2 aromatic carbocycles. The average molecular weight is 411 g/mol. The van der Waals surface area contributed by atoms with Crippen LogP contribution in [0.25, 0.3) is 0 Å². The Morgan fingerprint density at radius 3 is 2.53 bits per heavy atom. The normalized spacial score (nSPS) is 15.3. The van der Waals surface area contributed by atoms with Crippen LogP contribution in [0.15, 0.2) is 42.5 Å². The number of rotatable bonds is 9. The number of carbonyl (C=O) groups is 2. The molecular weight excluding hydrogens is 380 g/mol. The van der Waals surface area contributed by atoms with E-state index in [2.05, 4.69) is 19.2 Å². The van der Waals surface area contributed by atoms with Crippen molar-refractivity contribution in [2.45, 2.75) is 32.7 Å². The average Bonchev–Trinajstić information content (AvgIpc) is 3.04. The lowest BCUT2D eigenvalue weighted by Gasteiger charge is -2.25. The van der Waals surface area contributed by atoms with Crippen molar-refractivity contribution in [1.29, 1.82) is 0 Å². The number of fused-ring (bicyclic) bond motifs is 1. The third-order valence-corrected chi connectivity index (χ3v) is 5.41. The predicted molar refractivity (Wildman–Crippen MR) is 116 cm³/mol. The topological polar surface area (TPSA) is 67.9 Å². The van der Waals surface area contributed by atoms with E-state index in [-0.39, 0.29) is 11.8 Å². The Hall–Kier alpha value is -3.02. The molecule has 0 aliphatic carbocycles. The zero-order valence-corrected chi connectivity index (χ0v) is 18.1. The molecule has 1 aliphatic heterocycles. The van der Waals surface area contributed by atoms with E-state index >= 15 is 0 Å². The molecule has 2 aromatic rings. The molecule has 1 heterocycles. The van der Waals surface area contributed by atoms with Gasteiger partial charge >= 0.3 is 0 Å². The van der Waals surface area contributed by atoms with E-state index in [1.54, 1.807) is 25.2 Å². The van der Waals surface area contributed by atoms with Crippen LogP contribution in [0.2, 0.25) is 0 Å². The summed E-state index contributed by atoms with van der Waals surface area (Å²) in [5.74, 6) is 1.59. The van der Waals surface area contributed by atoms with Crippen LogP contribution in [0.1, 0.15) is 47.8 Å². The first-order valence-corrected chi connectivity index (χ1v) is 10.3. The summed E-state index contributed by atoms with van der Waals surface area (Å²) < 4.78 is 10.6. The zero-order chi connectivity index (χ0) is 21.7. The van der Waals surface area contributed by atoms with Gasteiger partial charge in [-0.2, -0.15) is 0 Å². The molecule has 3 rings (SSSR count). The van der Waals surface area contributed by atoms with Gasteiger partial charge in [-0.15, -0.1) is 0 Å². The maximum absolute atomic E-state index is 13.1. The van der Waals surface area contributed by atoms with Crippen molar-refractivity contribution >= 4 is 11.8 Å². The Labute approximate surface area is 178 Å². The van der Waals surface area contributed by atoms with Crippen molar-refractivity contribution in [1.82, 2.24) is 10.2 Å². The van der Waals surface area contributed by atoms with E-state index in [1.165, 1.54) is 0 Å². The van der Waals surface area contributed by atoms with Crippen molar-refractivity contribution in [2.24, 2.45) is 5.92 Å². The quantitative estimate of drug-likeness (QED) is 0.686. The van der Waals surface area contributed by atoms with Crippen molar-refractivity contribution in [3.63, 3.8) is 0 Å². The van der Waals surface area contributed by atoms with Crippen LogP contribution in [-0.2, 0) is 11.2 Å². The van der Waals surface area contributed by atoms with Crippen LogP contribution in [0.5, 0.6) is 11.5 Å². The minimum atomic E-state index is -0.571. The van der Waals surface area contributed by atoms with Crippen molar-refractivity contribution in [3.05, 3.63) is 59.2 Å². The summed E-state index contributed by atoms with van der Waals surface area (Å²) in [7, 11) is 3.20. The monoisotopic (exact) mass is 410 g/mol. The Bertz CT molecular complexity index is 910. The molecule has 0 spiro atoms. The summed E-state index contributed by atoms with van der Waals surface area (Å²) >= 11 is 0. The number of nitrogens with one attached hydrogen (secondary N) is 1. The molecule has 30 heavy (non-hydrogen) atoms. The second kappa shape index (κ2) is 9.65. The van der Waals surface area contributed by atoms with Gasteiger partial charge in [0, 0.05) is 18.7 Å². The SMILES string of the molecule is COc1ccc(CCNC(=O)[C@H]2c3ccccc3C(=O)N2CCC(C)C)cc1OC. The third kappa shape index (κ3) is 4.58. The molecule has 6 heteroatoms. The molecule has 0 saturated carbocycles. The van der Waals surface area contributed by atoms with E-state index in [0.29, 0.717) is 42.5 Å². The first-order chi connectivity index (χ1) is 14.5. The van der Waals surface area contributed by atoms with Crippen molar-refractivity contribution in [2.75, 3.05) is 27.3 Å². The third-order valence-electron chi connectivity index (χ3n) is 5.41. The number of hydrogen-bond acceptors (Lipinski definition) is 4. The van der Waals surface area contributed by atoms with Gasteiger partial charge in [-0.1, -0.05) is 38.1 Å². The number of benzene rings is 2. The van der Waals surface area contributed by atoms with Gasteiger partial charge in [-0.3, -0.25) is 9.59 Å². The van der Waals surface area contributed by atoms with E-state index < -0.39 is 6.04 Å². The molecular formula is C24H30N2O4. The lowest BCUT2D eigenvalue weighted by Crippen LogP contribution is -2.40. The summed E-state index contributed by atoms with van der Waals surface area (Å²) in [4.78, 5) is 27.6. The molecule has 2 amide bonds. The van der Waals surface area contributed by atoms with Crippen LogP contribution in [0.4, 0.5) is 0 Å². The highest BCUT2D eigenvalue weighted by molar-refractivity contribution is 6.04. The first kappa shape index (κ1) is 21.7. The van der Waals surface area contributed by atoms with Crippen LogP contribution in [0, 0.1) is 5.92 Å². The van der Waals surface area contributed by atoms with Gasteiger partial charge in [0.25, 0.3) is 5.91 Å². The number of nitrogens with zero attached hydrogens (tertiary/aromatic N) is 1. The Kier molecular flexibility index (Phi) is 6.98. The number of methoxy groups -OCH3 is 2. The number of amides is 2. The molecule has 6 nitrogen and oxygen atoms in total. The molecule has 0 saturated heterocycles. The summed E-state index contributed by atoms with van der Waals surface area (Å²) in [5, 5.41) is 3.01.